The van der Waals surface area contributed by atoms with Gasteiger partial charge in [0.2, 0.25) is 6.79 Å². The molecule has 0 spiro atoms. The van der Waals surface area contributed by atoms with E-state index in [9.17, 15) is 14.4 Å². The van der Waals surface area contributed by atoms with Crippen LogP contribution in [0.2, 0.25) is 0 Å². The van der Waals surface area contributed by atoms with Crippen LogP contribution in [0, 0.1) is 6.92 Å². The predicted molar refractivity (Wildman–Crippen MR) is 130 cm³/mol. The highest BCUT2D eigenvalue weighted by molar-refractivity contribution is 5.88. The number of hydrogen-bond donors (Lipinski definition) is 4. The largest absolute Gasteiger partial charge is 0.481 e. The minimum atomic E-state index is -2.74. The molecule has 11 nitrogen and oxygen atoms in total. The number of fused-ring (bicyclic) bond motifs is 1. The van der Waals surface area contributed by atoms with Crippen LogP contribution in [0.1, 0.15) is 29.5 Å². The van der Waals surface area contributed by atoms with Gasteiger partial charge in [-0.15, -0.1) is 0 Å². The van der Waals surface area contributed by atoms with Crippen LogP contribution in [0.3, 0.4) is 0 Å². The van der Waals surface area contributed by atoms with Gasteiger partial charge in [0.05, 0.1) is 18.5 Å². The molecule has 0 saturated carbocycles. The van der Waals surface area contributed by atoms with Crippen molar-refractivity contribution in [3.63, 3.8) is 0 Å². The maximum Gasteiger partial charge on any atom is 0.336 e. The number of hydrogen-bond acceptors (Lipinski definition) is 8. The molecular weight excluding hydrogens is 472 g/mol. The highest BCUT2D eigenvalue weighted by Gasteiger charge is 2.40. The molecule has 0 fully saturated rings. The Hall–Kier alpha value is -3.96. The molecule has 0 atom stereocenters. The number of rotatable bonds is 10. The van der Waals surface area contributed by atoms with E-state index < -0.39 is 36.4 Å². The van der Waals surface area contributed by atoms with Crippen molar-refractivity contribution in [3.05, 3.63) is 53.1 Å². The van der Waals surface area contributed by atoms with E-state index in [0.717, 1.165) is 35.7 Å². The number of aliphatic imine (C=N–C) groups is 1. The lowest BCUT2D eigenvalue weighted by molar-refractivity contribution is -0.170. The number of ether oxygens (including phenoxy) is 2. The summed E-state index contributed by atoms with van der Waals surface area (Å²) in [5.74, 6) is -3.43. The quantitative estimate of drug-likeness (QED) is 0.354. The molecule has 0 aliphatic carbocycles. The Morgan fingerprint density at radius 2 is 1.56 bits per heavy atom. The van der Waals surface area contributed by atoms with Gasteiger partial charge in [-0.2, -0.15) is 0 Å². The van der Waals surface area contributed by atoms with E-state index in [1.54, 1.807) is 0 Å². The Morgan fingerprint density at radius 3 is 2.06 bits per heavy atom. The minimum absolute atomic E-state index is 0.285. The predicted octanol–water partition coefficient (Wildman–Crippen LogP) is 2.33. The van der Waals surface area contributed by atoms with E-state index in [-0.39, 0.29) is 6.79 Å². The van der Waals surface area contributed by atoms with Crippen LogP contribution in [0.4, 0.5) is 5.69 Å². The first-order valence-corrected chi connectivity index (χ1v) is 11.0. The van der Waals surface area contributed by atoms with Gasteiger partial charge in [0.15, 0.2) is 17.1 Å². The van der Waals surface area contributed by atoms with Crippen LogP contribution in [0.15, 0.2) is 41.4 Å². The Morgan fingerprint density at radius 1 is 1.00 bits per heavy atom. The van der Waals surface area contributed by atoms with E-state index in [1.807, 2.05) is 18.3 Å². The summed E-state index contributed by atoms with van der Waals surface area (Å²) in [7, 11) is 4.14. The summed E-state index contributed by atoms with van der Waals surface area (Å²) in [6.45, 7) is 3.33. The second kappa shape index (κ2) is 12.7. The third kappa shape index (κ3) is 8.67. The first-order chi connectivity index (χ1) is 16.9. The number of carboxylic acids is 3. The number of benzene rings is 2. The Labute approximate surface area is 208 Å². The van der Waals surface area contributed by atoms with E-state index >= 15 is 0 Å². The normalized spacial score (nSPS) is 12.4. The van der Waals surface area contributed by atoms with Gasteiger partial charge < -0.3 is 34.8 Å². The third-order valence-corrected chi connectivity index (χ3v) is 5.12. The molecule has 0 bridgehead atoms. The van der Waals surface area contributed by atoms with Crippen LogP contribution in [0.25, 0.3) is 0 Å². The Bertz CT molecular complexity index is 1100. The molecule has 0 aromatic heterocycles. The zero-order valence-electron chi connectivity index (χ0n) is 20.3. The molecule has 0 radical (unpaired) electrons. The fourth-order valence-corrected chi connectivity index (χ4v) is 3.15. The molecule has 0 saturated heterocycles. The van der Waals surface area contributed by atoms with Gasteiger partial charge in [0.1, 0.15) is 0 Å². The molecule has 4 N–H and O–H groups in total. The zero-order chi connectivity index (χ0) is 26.9. The molecular formula is C25H30N2O9. The standard InChI is InChI=1S/C19H22N2O2.C6H8O7/c1-14-4-6-15(7-5-14)12-20-17-11-19-18(22-13-23-19)10-16(17)8-9-21(2)3;7-3(8)1-6(13,5(11)12)2-4(9)10/h4-7,10-12H,8-9,13H2,1-3H3;13H,1-2H2,(H,7,8)(H,9,10)(H,11,12). The SMILES string of the molecule is Cc1ccc(C=Nc2cc3c(cc2CCN(C)C)OCO3)cc1.O=C(O)CC(O)(CC(=O)O)C(=O)O. The number of aryl methyl sites for hydroxylation is 1. The first kappa shape index (κ1) is 28.3. The maximum atomic E-state index is 10.3. The molecule has 2 aromatic carbocycles. The summed E-state index contributed by atoms with van der Waals surface area (Å²) >= 11 is 0. The molecule has 0 amide bonds. The second-order valence-electron chi connectivity index (χ2n) is 8.53. The Kier molecular flexibility index (Phi) is 9.94. The van der Waals surface area contributed by atoms with Crippen LogP contribution in [0.5, 0.6) is 11.5 Å². The molecule has 1 aliphatic rings. The smallest absolute Gasteiger partial charge is 0.336 e. The van der Waals surface area contributed by atoms with Crippen molar-refractivity contribution in [2.75, 3.05) is 27.4 Å². The molecule has 194 valence electrons. The summed E-state index contributed by atoms with van der Waals surface area (Å²) in [4.78, 5) is 37.3. The van der Waals surface area contributed by atoms with Crippen molar-refractivity contribution in [1.29, 1.82) is 0 Å². The van der Waals surface area contributed by atoms with Gasteiger partial charge in [0, 0.05) is 18.8 Å². The van der Waals surface area contributed by atoms with Gasteiger partial charge in [-0.1, -0.05) is 29.8 Å². The number of nitrogens with zero attached hydrogens (tertiary/aromatic N) is 2. The highest BCUT2D eigenvalue weighted by atomic mass is 16.7. The van der Waals surface area contributed by atoms with E-state index in [1.165, 1.54) is 11.1 Å². The lowest BCUT2D eigenvalue weighted by atomic mass is 9.96. The molecule has 1 aliphatic heterocycles. The summed E-state index contributed by atoms with van der Waals surface area (Å²) in [5.41, 5.74) is 1.71. The van der Waals surface area contributed by atoms with E-state index in [0.29, 0.717) is 0 Å². The van der Waals surface area contributed by atoms with Crippen molar-refractivity contribution < 1.29 is 44.3 Å². The molecule has 36 heavy (non-hydrogen) atoms. The average Bonchev–Trinajstić information content (AvgIpc) is 3.23. The van der Waals surface area contributed by atoms with Gasteiger partial charge in [-0.3, -0.25) is 14.6 Å². The molecule has 3 rings (SSSR count). The second-order valence-corrected chi connectivity index (χ2v) is 8.53. The number of aliphatic hydroxyl groups is 1. The van der Waals surface area contributed by atoms with Crippen molar-refractivity contribution in [1.82, 2.24) is 4.90 Å². The van der Waals surface area contributed by atoms with Crippen molar-refractivity contribution >= 4 is 29.8 Å². The lowest BCUT2D eigenvalue weighted by Crippen LogP contribution is -2.42. The number of carbonyl (C=O) groups is 3. The average molecular weight is 503 g/mol. The van der Waals surface area contributed by atoms with Gasteiger partial charge >= 0.3 is 17.9 Å². The highest BCUT2D eigenvalue weighted by Crippen LogP contribution is 2.38. The van der Waals surface area contributed by atoms with Gasteiger partial charge in [0.25, 0.3) is 0 Å². The summed E-state index contributed by atoms with van der Waals surface area (Å²) in [6, 6.07) is 12.4. The maximum absolute atomic E-state index is 10.3. The topological polar surface area (TPSA) is 166 Å². The summed E-state index contributed by atoms with van der Waals surface area (Å²) < 4.78 is 11.0. The van der Waals surface area contributed by atoms with Gasteiger partial charge in [-0.05, 0) is 44.6 Å². The third-order valence-electron chi connectivity index (χ3n) is 5.12. The van der Waals surface area contributed by atoms with Crippen LogP contribution >= 0.6 is 0 Å². The molecule has 11 heteroatoms. The number of likely N-dealkylation sites (N-methyl/N-ethyl adjacent to an activating group) is 1. The molecule has 0 unspecified atom stereocenters. The first-order valence-electron chi connectivity index (χ1n) is 11.0. The zero-order valence-corrected chi connectivity index (χ0v) is 20.3. The van der Waals surface area contributed by atoms with Crippen molar-refractivity contribution in [2.24, 2.45) is 4.99 Å². The lowest BCUT2D eigenvalue weighted by Gasteiger charge is -2.18. The summed E-state index contributed by atoms with van der Waals surface area (Å²) in [6.07, 6.45) is 0.531. The Balaban J connectivity index is 0.000000302. The van der Waals surface area contributed by atoms with E-state index in [4.69, 9.17) is 29.9 Å². The minimum Gasteiger partial charge on any atom is -0.481 e. The van der Waals surface area contributed by atoms with Crippen molar-refractivity contribution in [2.45, 2.75) is 31.8 Å². The fourth-order valence-electron chi connectivity index (χ4n) is 3.15. The van der Waals surface area contributed by atoms with Crippen LogP contribution < -0.4 is 9.47 Å². The molecule has 1 heterocycles. The van der Waals surface area contributed by atoms with Crippen molar-refractivity contribution in [3.8, 4) is 11.5 Å². The monoisotopic (exact) mass is 502 g/mol. The van der Waals surface area contributed by atoms with Gasteiger partial charge in [-0.25, -0.2) is 4.79 Å². The number of carboxylic acid groups (broad SMARTS) is 3. The van der Waals surface area contributed by atoms with E-state index in [2.05, 4.69) is 55.2 Å². The number of aliphatic carboxylic acids is 3. The fraction of sp³-hybridized carbons (Fsp3) is 0.360. The van der Waals surface area contributed by atoms with Crippen LogP contribution in [-0.2, 0) is 20.8 Å². The molecule has 2 aromatic rings. The van der Waals surface area contributed by atoms with Crippen LogP contribution in [-0.4, -0.2) is 82.5 Å². The summed E-state index contributed by atoms with van der Waals surface area (Å²) in [5, 5.41) is 33.8.